The third kappa shape index (κ3) is 4.97. The summed E-state index contributed by atoms with van der Waals surface area (Å²) < 4.78 is 5.43. The number of fused-ring (bicyclic) bond motifs is 1. The number of rotatable bonds is 7. The van der Waals surface area contributed by atoms with Crippen molar-refractivity contribution in [1.82, 2.24) is 0 Å². The Balaban J connectivity index is 1.22. The van der Waals surface area contributed by atoms with Crippen molar-refractivity contribution < 1.29 is 19.1 Å². The Morgan fingerprint density at radius 1 is 0.944 bits per heavy atom. The first kappa shape index (κ1) is 23.6. The van der Waals surface area contributed by atoms with Crippen LogP contribution in [0.15, 0.2) is 95.9 Å². The zero-order valence-electron chi connectivity index (χ0n) is 19.6. The first-order valence-corrected chi connectivity index (χ1v) is 12.6. The fraction of sp³-hybridized carbons (Fsp3) is 0.138. The van der Waals surface area contributed by atoms with Gasteiger partial charge < -0.3 is 10.1 Å². The first-order chi connectivity index (χ1) is 17.5. The molecule has 1 saturated heterocycles. The van der Waals surface area contributed by atoms with E-state index in [-0.39, 0.29) is 24.1 Å². The standard InChI is InChI=1S/C29H24N2O4S/c1-2-35-24-13-11-23(12-14-24)31-27(32)18-26(29(31)34)36-25-15-9-22(10-16-25)30-28(33)21-8-7-19-5-3-4-6-20(19)17-21/h3-17,26H,2,18H2,1H3,(H,30,33). The minimum Gasteiger partial charge on any atom is -0.494 e. The van der Waals surface area contributed by atoms with E-state index < -0.39 is 5.25 Å². The molecule has 5 rings (SSSR count). The maximum atomic E-state index is 13.0. The Morgan fingerprint density at radius 3 is 2.39 bits per heavy atom. The minimum absolute atomic E-state index is 0.136. The second-order valence-corrected chi connectivity index (χ2v) is 9.62. The minimum atomic E-state index is -0.498. The summed E-state index contributed by atoms with van der Waals surface area (Å²) in [5.74, 6) is 0.0477. The molecule has 3 amide bonds. The molecular formula is C29H24N2O4S. The number of ether oxygens (including phenoxy) is 1. The molecule has 0 aromatic heterocycles. The number of nitrogens with zero attached hydrogens (tertiary/aromatic N) is 1. The van der Waals surface area contributed by atoms with Crippen LogP contribution in [-0.4, -0.2) is 29.6 Å². The third-order valence-corrected chi connectivity index (χ3v) is 7.11. The summed E-state index contributed by atoms with van der Waals surface area (Å²) in [5.41, 5.74) is 1.78. The maximum Gasteiger partial charge on any atom is 0.255 e. The molecule has 7 heteroatoms. The van der Waals surface area contributed by atoms with Crippen LogP contribution in [0.5, 0.6) is 5.75 Å². The number of carbonyl (C=O) groups excluding carboxylic acids is 3. The first-order valence-electron chi connectivity index (χ1n) is 11.7. The normalized spacial score (nSPS) is 15.4. The monoisotopic (exact) mass is 496 g/mol. The van der Waals surface area contributed by atoms with Gasteiger partial charge in [-0.1, -0.05) is 30.3 Å². The molecule has 1 N–H and O–H groups in total. The molecule has 4 aromatic rings. The van der Waals surface area contributed by atoms with Gasteiger partial charge in [-0.25, -0.2) is 4.90 Å². The van der Waals surface area contributed by atoms with E-state index in [9.17, 15) is 14.4 Å². The van der Waals surface area contributed by atoms with E-state index >= 15 is 0 Å². The Kier molecular flexibility index (Phi) is 6.73. The van der Waals surface area contributed by atoms with E-state index in [1.807, 2.05) is 55.5 Å². The molecule has 0 aliphatic carbocycles. The summed E-state index contributed by atoms with van der Waals surface area (Å²) >= 11 is 1.35. The second-order valence-electron chi connectivity index (χ2n) is 8.35. The van der Waals surface area contributed by atoms with Gasteiger partial charge in [0.1, 0.15) is 5.75 Å². The van der Waals surface area contributed by atoms with Crippen LogP contribution in [-0.2, 0) is 9.59 Å². The molecule has 6 nitrogen and oxygen atoms in total. The van der Waals surface area contributed by atoms with Crippen molar-refractivity contribution in [2.45, 2.75) is 23.5 Å². The summed E-state index contributed by atoms with van der Waals surface area (Å²) in [6, 6.07) is 27.7. The van der Waals surface area contributed by atoms with Crippen molar-refractivity contribution in [2.24, 2.45) is 0 Å². The molecule has 1 unspecified atom stereocenters. The Labute approximate surface area is 213 Å². The molecule has 0 radical (unpaired) electrons. The van der Waals surface area contributed by atoms with Gasteiger partial charge in [0, 0.05) is 22.6 Å². The molecular weight excluding hydrogens is 472 g/mol. The highest BCUT2D eigenvalue weighted by Crippen LogP contribution is 2.35. The molecule has 1 aliphatic heterocycles. The second kappa shape index (κ2) is 10.3. The van der Waals surface area contributed by atoms with Crippen molar-refractivity contribution in [3.05, 3.63) is 96.6 Å². The zero-order chi connectivity index (χ0) is 25.1. The highest BCUT2D eigenvalue weighted by molar-refractivity contribution is 8.00. The quantitative estimate of drug-likeness (QED) is 0.322. The Morgan fingerprint density at radius 2 is 1.67 bits per heavy atom. The highest BCUT2D eigenvalue weighted by atomic mass is 32.2. The van der Waals surface area contributed by atoms with Crippen LogP contribution in [0, 0.1) is 0 Å². The number of amides is 3. The number of benzene rings is 4. The van der Waals surface area contributed by atoms with Crippen LogP contribution in [0.4, 0.5) is 11.4 Å². The van der Waals surface area contributed by atoms with Crippen LogP contribution < -0.4 is 15.0 Å². The Hall–Kier alpha value is -4.10. The lowest BCUT2D eigenvalue weighted by Gasteiger charge is -2.15. The van der Waals surface area contributed by atoms with Gasteiger partial charge in [-0.05, 0) is 78.4 Å². The van der Waals surface area contributed by atoms with Crippen LogP contribution in [0.1, 0.15) is 23.7 Å². The summed E-state index contributed by atoms with van der Waals surface area (Å²) in [6.07, 6.45) is 0.136. The molecule has 1 aliphatic rings. The predicted octanol–water partition coefficient (Wildman–Crippen LogP) is 5.92. The van der Waals surface area contributed by atoms with Gasteiger partial charge in [0.05, 0.1) is 17.5 Å². The highest BCUT2D eigenvalue weighted by Gasteiger charge is 2.40. The molecule has 180 valence electrons. The number of nitrogens with one attached hydrogen (secondary N) is 1. The molecule has 1 atom stereocenters. The lowest BCUT2D eigenvalue weighted by molar-refractivity contribution is -0.121. The van der Waals surface area contributed by atoms with Gasteiger partial charge >= 0.3 is 0 Å². The summed E-state index contributed by atoms with van der Waals surface area (Å²) in [5, 5.41) is 4.50. The van der Waals surface area contributed by atoms with E-state index in [0.717, 1.165) is 15.7 Å². The molecule has 1 fully saturated rings. The van der Waals surface area contributed by atoms with E-state index in [4.69, 9.17) is 4.74 Å². The molecule has 1 heterocycles. The van der Waals surface area contributed by atoms with E-state index in [2.05, 4.69) is 5.32 Å². The van der Waals surface area contributed by atoms with Gasteiger partial charge in [0.2, 0.25) is 11.8 Å². The average molecular weight is 497 g/mol. The van der Waals surface area contributed by atoms with Crippen LogP contribution in [0.2, 0.25) is 0 Å². The van der Waals surface area contributed by atoms with Gasteiger partial charge in [0.25, 0.3) is 5.91 Å². The van der Waals surface area contributed by atoms with Crippen LogP contribution in [0.3, 0.4) is 0 Å². The van der Waals surface area contributed by atoms with E-state index in [1.54, 1.807) is 42.5 Å². The number of carbonyl (C=O) groups is 3. The summed E-state index contributed by atoms with van der Waals surface area (Å²) in [4.78, 5) is 40.4. The van der Waals surface area contributed by atoms with Gasteiger partial charge in [0.15, 0.2) is 0 Å². The summed E-state index contributed by atoms with van der Waals surface area (Å²) in [6.45, 7) is 2.44. The van der Waals surface area contributed by atoms with Crippen molar-refractivity contribution in [3.8, 4) is 5.75 Å². The zero-order valence-corrected chi connectivity index (χ0v) is 20.5. The van der Waals surface area contributed by atoms with E-state index in [1.165, 1.54) is 16.7 Å². The largest absolute Gasteiger partial charge is 0.494 e. The SMILES string of the molecule is CCOc1ccc(N2C(=O)CC(Sc3ccc(NC(=O)c4ccc5ccccc5c4)cc3)C2=O)cc1. The predicted molar refractivity (Wildman–Crippen MR) is 143 cm³/mol. The topological polar surface area (TPSA) is 75.7 Å². The molecule has 0 bridgehead atoms. The van der Waals surface area contributed by atoms with Crippen LogP contribution in [0.25, 0.3) is 10.8 Å². The maximum absolute atomic E-state index is 13.0. The number of imide groups is 1. The Bertz CT molecular complexity index is 1430. The smallest absolute Gasteiger partial charge is 0.255 e. The van der Waals surface area contributed by atoms with Crippen LogP contribution >= 0.6 is 11.8 Å². The molecule has 0 spiro atoms. The van der Waals surface area contributed by atoms with Gasteiger partial charge in [-0.2, -0.15) is 0 Å². The van der Waals surface area contributed by atoms with Crippen molar-refractivity contribution in [1.29, 1.82) is 0 Å². The van der Waals surface area contributed by atoms with Crippen molar-refractivity contribution >= 4 is 51.6 Å². The number of hydrogen-bond donors (Lipinski definition) is 1. The number of thioether (sulfide) groups is 1. The van der Waals surface area contributed by atoms with Gasteiger partial charge in [-0.15, -0.1) is 11.8 Å². The van der Waals surface area contributed by atoms with Crippen molar-refractivity contribution in [3.63, 3.8) is 0 Å². The lowest BCUT2D eigenvalue weighted by Crippen LogP contribution is -2.31. The van der Waals surface area contributed by atoms with Crippen molar-refractivity contribution in [2.75, 3.05) is 16.8 Å². The third-order valence-electron chi connectivity index (χ3n) is 5.91. The fourth-order valence-corrected chi connectivity index (χ4v) is 5.19. The molecule has 4 aromatic carbocycles. The van der Waals surface area contributed by atoms with E-state index in [0.29, 0.717) is 29.3 Å². The summed E-state index contributed by atoms with van der Waals surface area (Å²) in [7, 11) is 0. The average Bonchev–Trinajstić information content (AvgIpc) is 3.18. The number of anilines is 2. The fourth-order valence-electron chi connectivity index (χ4n) is 4.14. The molecule has 36 heavy (non-hydrogen) atoms. The lowest BCUT2D eigenvalue weighted by atomic mass is 10.1. The van der Waals surface area contributed by atoms with Gasteiger partial charge in [-0.3, -0.25) is 14.4 Å². The molecule has 0 saturated carbocycles. The number of hydrogen-bond acceptors (Lipinski definition) is 5.